The van der Waals surface area contributed by atoms with Crippen LogP contribution in [0.5, 0.6) is 0 Å². The van der Waals surface area contributed by atoms with Crippen LogP contribution in [0, 0.1) is 0 Å². The van der Waals surface area contributed by atoms with Crippen LogP contribution >= 0.6 is 11.8 Å². The van der Waals surface area contributed by atoms with E-state index in [1.165, 1.54) is 0 Å². The maximum absolute atomic E-state index is 8.91. The van der Waals surface area contributed by atoms with Gasteiger partial charge in [0.1, 0.15) is 0 Å². The molecule has 1 unspecified atom stereocenters. The number of rotatable bonds is 5. The molecule has 5 heteroatoms. The number of nitrogens with zero attached hydrogens (tertiary/aromatic N) is 2. The normalized spacial score (nSPS) is 12.6. The summed E-state index contributed by atoms with van der Waals surface area (Å²) in [6.45, 7) is 2.11. The molecule has 0 saturated heterocycles. The molecule has 0 spiro atoms. The van der Waals surface area contributed by atoms with Crippen molar-refractivity contribution in [1.29, 1.82) is 0 Å². The van der Waals surface area contributed by atoms with Crippen LogP contribution in [0.4, 0.5) is 0 Å². The lowest BCUT2D eigenvalue weighted by Gasteiger charge is -2.03. The summed E-state index contributed by atoms with van der Waals surface area (Å²) in [7, 11) is 0. The molecule has 1 heterocycles. The van der Waals surface area contributed by atoms with Crippen LogP contribution in [0.15, 0.2) is 34.9 Å². The molecule has 4 nitrogen and oxygen atoms in total. The highest BCUT2D eigenvalue weighted by molar-refractivity contribution is 7.99. The molecule has 1 aromatic carbocycles. The number of aromatic nitrogens is 2. The van der Waals surface area contributed by atoms with Gasteiger partial charge in [-0.1, -0.05) is 42.4 Å². The minimum absolute atomic E-state index is 0.157. The first kappa shape index (κ1) is 12.1. The molecular formula is C12H14N2O2S. The van der Waals surface area contributed by atoms with Crippen LogP contribution < -0.4 is 0 Å². The summed E-state index contributed by atoms with van der Waals surface area (Å²) in [5.41, 5.74) is 0.947. The Balaban J connectivity index is 2.01. The second kappa shape index (κ2) is 5.84. The average molecular weight is 250 g/mol. The molecule has 1 N–H and O–H groups in total. The van der Waals surface area contributed by atoms with Crippen molar-refractivity contribution in [2.24, 2.45) is 0 Å². The summed E-state index contributed by atoms with van der Waals surface area (Å²) in [6.07, 6.45) is 0. The van der Waals surface area contributed by atoms with Crippen molar-refractivity contribution in [3.8, 4) is 11.4 Å². The molecule has 2 aromatic rings. The fraction of sp³-hybridized carbons (Fsp3) is 0.333. The average Bonchev–Trinajstić information content (AvgIpc) is 2.86. The van der Waals surface area contributed by atoms with Crippen molar-refractivity contribution in [3.63, 3.8) is 0 Å². The van der Waals surface area contributed by atoms with Crippen molar-refractivity contribution in [2.45, 2.75) is 17.9 Å². The predicted octanol–water partition coefficient (Wildman–Crippen LogP) is 2.35. The molecule has 1 aromatic heterocycles. The van der Waals surface area contributed by atoms with Crippen molar-refractivity contribution >= 4 is 11.8 Å². The number of aliphatic hydroxyl groups is 1. The third kappa shape index (κ3) is 3.31. The fourth-order valence-electron chi connectivity index (χ4n) is 1.28. The van der Waals surface area contributed by atoms with E-state index in [0.717, 1.165) is 5.56 Å². The lowest BCUT2D eigenvalue weighted by molar-refractivity contribution is 0.300. The van der Waals surface area contributed by atoms with E-state index in [1.807, 2.05) is 37.3 Å². The van der Waals surface area contributed by atoms with Gasteiger partial charge in [-0.15, -0.1) is 11.8 Å². The highest BCUT2D eigenvalue weighted by atomic mass is 32.2. The van der Waals surface area contributed by atoms with Gasteiger partial charge < -0.3 is 9.63 Å². The van der Waals surface area contributed by atoms with E-state index in [9.17, 15) is 0 Å². The van der Waals surface area contributed by atoms with Gasteiger partial charge in [0.05, 0.1) is 12.4 Å². The molecule has 90 valence electrons. The Morgan fingerprint density at radius 2 is 2.12 bits per heavy atom. The second-order valence-electron chi connectivity index (χ2n) is 3.68. The van der Waals surface area contributed by atoms with Crippen molar-refractivity contribution in [3.05, 3.63) is 36.2 Å². The van der Waals surface area contributed by atoms with Crippen LogP contribution in [0.1, 0.15) is 12.8 Å². The minimum atomic E-state index is 0.157. The standard InChI is InChI=1S/C12H14N2O2S/c1-9(7-15)17-8-11-13-12(14-16-11)10-5-3-2-4-6-10/h2-6,9,15H,7-8H2,1H3. The fourth-order valence-corrected chi connectivity index (χ4v) is 1.93. The number of aliphatic hydroxyl groups excluding tert-OH is 1. The summed E-state index contributed by atoms with van der Waals surface area (Å²) < 4.78 is 5.15. The van der Waals surface area contributed by atoms with Crippen LogP contribution in [-0.2, 0) is 5.75 Å². The molecule has 1 atom stereocenters. The largest absolute Gasteiger partial charge is 0.395 e. The van der Waals surface area contributed by atoms with Gasteiger partial charge in [0.15, 0.2) is 0 Å². The molecule has 0 bridgehead atoms. The Morgan fingerprint density at radius 3 is 2.82 bits per heavy atom. The molecule has 0 saturated carbocycles. The first-order valence-electron chi connectivity index (χ1n) is 5.40. The number of hydrogen-bond acceptors (Lipinski definition) is 5. The van der Waals surface area contributed by atoms with Crippen LogP contribution in [0.3, 0.4) is 0 Å². The van der Waals surface area contributed by atoms with E-state index in [1.54, 1.807) is 11.8 Å². The number of hydrogen-bond donors (Lipinski definition) is 1. The van der Waals surface area contributed by atoms with Crippen LogP contribution in [0.2, 0.25) is 0 Å². The SMILES string of the molecule is CC(CO)SCc1nc(-c2ccccc2)no1. The Hall–Kier alpha value is -1.33. The molecule has 17 heavy (non-hydrogen) atoms. The highest BCUT2D eigenvalue weighted by Gasteiger charge is 2.09. The van der Waals surface area contributed by atoms with Crippen molar-refractivity contribution in [2.75, 3.05) is 6.61 Å². The van der Waals surface area contributed by atoms with E-state index < -0.39 is 0 Å². The quantitative estimate of drug-likeness (QED) is 0.882. The predicted molar refractivity (Wildman–Crippen MR) is 67.6 cm³/mol. The third-order valence-corrected chi connectivity index (χ3v) is 3.38. The van der Waals surface area contributed by atoms with Gasteiger partial charge in [-0.3, -0.25) is 0 Å². The Morgan fingerprint density at radius 1 is 1.35 bits per heavy atom. The van der Waals surface area contributed by atoms with E-state index in [-0.39, 0.29) is 11.9 Å². The Bertz CT molecular complexity index is 459. The van der Waals surface area contributed by atoms with Gasteiger partial charge in [-0.05, 0) is 0 Å². The van der Waals surface area contributed by atoms with Crippen LogP contribution in [0.25, 0.3) is 11.4 Å². The van der Waals surface area contributed by atoms with Crippen LogP contribution in [-0.4, -0.2) is 27.1 Å². The highest BCUT2D eigenvalue weighted by Crippen LogP contribution is 2.19. The topological polar surface area (TPSA) is 59.2 Å². The molecule has 0 fully saturated rings. The molecule has 0 aliphatic rings. The third-order valence-electron chi connectivity index (χ3n) is 2.25. The minimum Gasteiger partial charge on any atom is -0.395 e. The lowest BCUT2D eigenvalue weighted by Crippen LogP contribution is -2.02. The zero-order valence-electron chi connectivity index (χ0n) is 9.54. The lowest BCUT2D eigenvalue weighted by atomic mass is 10.2. The first-order valence-corrected chi connectivity index (χ1v) is 6.45. The zero-order chi connectivity index (χ0) is 12.1. The summed E-state index contributed by atoms with van der Waals surface area (Å²) in [5.74, 6) is 1.83. The van der Waals surface area contributed by atoms with E-state index in [2.05, 4.69) is 10.1 Å². The van der Waals surface area contributed by atoms with E-state index in [0.29, 0.717) is 17.5 Å². The maximum atomic E-state index is 8.91. The summed E-state index contributed by atoms with van der Waals surface area (Å²) >= 11 is 1.59. The Labute approximate surface area is 104 Å². The molecule has 0 amide bonds. The van der Waals surface area contributed by atoms with Gasteiger partial charge in [-0.25, -0.2) is 0 Å². The zero-order valence-corrected chi connectivity index (χ0v) is 10.4. The summed E-state index contributed by atoms with van der Waals surface area (Å²) in [5, 5.41) is 13.0. The molecular weight excluding hydrogens is 236 g/mol. The second-order valence-corrected chi connectivity index (χ2v) is 5.11. The van der Waals surface area contributed by atoms with Gasteiger partial charge >= 0.3 is 0 Å². The molecule has 0 aliphatic heterocycles. The molecule has 0 radical (unpaired) electrons. The smallest absolute Gasteiger partial charge is 0.236 e. The molecule has 2 rings (SSSR count). The Kier molecular flexibility index (Phi) is 4.17. The van der Waals surface area contributed by atoms with Gasteiger partial charge in [0.25, 0.3) is 0 Å². The maximum Gasteiger partial charge on any atom is 0.236 e. The molecule has 0 aliphatic carbocycles. The number of benzene rings is 1. The van der Waals surface area contributed by atoms with Gasteiger partial charge in [-0.2, -0.15) is 4.98 Å². The van der Waals surface area contributed by atoms with E-state index in [4.69, 9.17) is 9.63 Å². The summed E-state index contributed by atoms with van der Waals surface area (Å²) in [4.78, 5) is 4.31. The number of thioether (sulfide) groups is 1. The van der Waals surface area contributed by atoms with Crippen molar-refractivity contribution in [1.82, 2.24) is 10.1 Å². The van der Waals surface area contributed by atoms with Gasteiger partial charge in [0.2, 0.25) is 11.7 Å². The first-order chi connectivity index (χ1) is 8.29. The summed E-state index contributed by atoms with van der Waals surface area (Å²) in [6, 6.07) is 9.71. The van der Waals surface area contributed by atoms with Crippen molar-refractivity contribution < 1.29 is 9.63 Å². The van der Waals surface area contributed by atoms with E-state index >= 15 is 0 Å². The van der Waals surface area contributed by atoms with Gasteiger partial charge in [0, 0.05) is 10.8 Å². The monoisotopic (exact) mass is 250 g/mol.